The van der Waals surface area contributed by atoms with Crippen molar-refractivity contribution < 1.29 is 8.42 Å². The van der Waals surface area contributed by atoms with Crippen LogP contribution >= 0.6 is 0 Å². The number of nitrogens with zero attached hydrogens (tertiary/aromatic N) is 5. The Kier molecular flexibility index (Phi) is 4.31. The van der Waals surface area contributed by atoms with E-state index < -0.39 is 10.0 Å². The quantitative estimate of drug-likeness (QED) is 0.833. The van der Waals surface area contributed by atoms with E-state index in [-0.39, 0.29) is 11.7 Å². The van der Waals surface area contributed by atoms with Crippen molar-refractivity contribution in [1.29, 1.82) is 0 Å². The van der Waals surface area contributed by atoms with Crippen molar-refractivity contribution in [2.24, 2.45) is 5.92 Å². The van der Waals surface area contributed by atoms with Gasteiger partial charge in [0, 0.05) is 25.6 Å². The van der Waals surface area contributed by atoms with Crippen molar-refractivity contribution in [3.63, 3.8) is 0 Å². The van der Waals surface area contributed by atoms with Gasteiger partial charge in [-0.05, 0) is 36.4 Å². The molecule has 1 saturated heterocycles. The Balaban J connectivity index is 1.59. The number of hydrogen-bond donors (Lipinski definition) is 1. The van der Waals surface area contributed by atoms with Gasteiger partial charge in [-0.15, -0.1) is 0 Å². The highest BCUT2D eigenvalue weighted by Crippen LogP contribution is 2.20. The van der Waals surface area contributed by atoms with E-state index in [9.17, 15) is 8.42 Å². The minimum Gasteiger partial charge on any atom is -0.352 e. The third kappa shape index (κ3) is 3.35. The first-order chi connectivity index (χ1) is 11.0. The van der Waals surface area contributed by atoms with Crippen LogP contribution in [0, 0.1) is 12.8 Å². The number of anilines is 1. The van der Waals surface area contributed by atoms with Crippen LogP contribution in [-0.4, -0.2) is 58.3 Å². The lowest BCUT2D eigenvalue weighted by Crippen LogP contribution is -2.52. The first-order valence-corrected chi connectivity index (χ1v) is 9.17. The predicted molar refractivity (Wildman–Crippen MR) is 86.9 cm³/mol. The molecule has 0 spiro atoms. The Bertz CT molecular complexity index is 765. The first kappa shape index (κ1) is 15.9. The highest BCUT2D eigenvalue weighted by atomic mass is 32.2. The Morgan fingerprint density at radius 3 is 2.61 bits per heavy atom. The molecule has 124 valence electrons. The third-order valence-electron chi connectivity index (χ3n) is 3.98. The molecule has 1 N–H and O–H groups in total. The molecule has 9 heteroatoms. The molecule has 0 atom stereocenters. The maximum absolute atomic E-state index is 11.7. The molecule has 1 aliphatic heterocycles. The van der Waals surface area contributed by atoms with Crippen LogP contribution in [0.2, 0.25) is 0 Å². The Morgan fingerprint density at radius 2 is 1.96 bits per heavy atom. The number of sulfonamides is 1. The van der Waals surface area contributed by atoms with Crippen molar-refractivity contribution in [2.45, 2.75) is 13.8 Å². The number of aromatic nitrogens is 4. The van der Waals surface area contributed by atoms with Gasteiger partial charge in [0.15, 0.2) is 0 Å². The van der Waals surface area contributed by atoms with Crippen LogP contribution < -0.4 is 5.32 Å². The van der Waals surface area contributed by atoms with Crippen LogP contribution in [-0.2, 0) is 10.0 Å². The number of aryl methyl sites for hydroxylation is 1. The molecule has 2 aromatic rings. The van der Waals surface area contributed by atoms with E-state index in [4.69, 9.17) is 0 Å². The summed E-state index contributed by atoms with van der Waals surface area (Å²) < 4.78 is 26.5. The van der Waals surface area contributed by atoms with Crippen LogP contribution in [0.4, 0.5) is 5.95 Å². The smallest absolute Gasteiger partial charge is 0.247 e. The molecule has 8 nitrogen and oxygen atoms in total. The van der Waals surface area contributed by atoms with E-state index in [1.165, 1.54) is 9.87 Å². The fourth-order valence-electron chi connectivity index (χ4n) is 2.45. The zero-order chi connectivity index (χ0) is 16.4. The average Bonchev–Trinajstić information content (AvgIpc) is 2.94. The van der Waals surface area contributed by atoms with Gasteiger partial charge in [0.1, 0.15) is 0 Å². The minimum absolute atomic E-state index is 0.152. The summed E-state index contributed by atoms with van der Waals surface area (Å²) in [6.45, 7) is 5.43. The van der Waals surface area contributed by atoms with Crippen molar-refractivity contribution >= 4 is 16.0 Å². The molecular formula is C14H20N6O2S. The molecule has 0 radical (unpaired) electrons. The predicted octanol–water partition coefficient (Wildman–Crippen LogP) is 0.664. The van der Waals surface area contributed by atoms with E-state index in [1.54, 1.807) is 11.6 Å². The highest BCUT2D eigenvalue weighted by molar-refractivity contribution is 7.89. The van der Waals surface area contributed by atoms with E-state index in [0.717, 1.165) is 5.69 Å². The van der Waals surface area contributed by atoms with Gasteiger partial charge in [-0.25, -0.2) is 12.7 Å². The molecule has 2 heterocycles. The summed E-state index contributed by atoms with van der Waals surface area (Å²) in [5.74, 6) is 0.990. The number of rotatable bonds is 6. The topological polar surface area (TPSA) is 93.0 Å². The summed E-state index contributed by atoms with van der Waals surface area (Å²) in [5.41, 5.74) is 2.05. The number of benzene rings is 1. The molecule has 0 aliphatic carbocycles. The van der Waals surface area contributed by atoms with E-state index in [1.807, 2.05) is 31.2 Å². The lowest BCUT2D eigenvalue weighted by atomic mass is 10.0. The van der Waals surface area contributed by atoms with Gasteiger partial charge in [-0.3, -0.25) is 0 Å². The van der Waals surface area contributed by atoms with Crippen molar-refractivity contribution in [2.75, 3.05) is 30.7 Å². The van der Waals surface area contributed by atoms with Crippen molar-refractivity contribution in [1.82, 2.24) is 24.5 Å². The molecule has 1 fully saturated rings. The molecular weight excluding hydrogens is 316 g/mol. The van der Waals surface area contributed by atoms with Gasteiger partial charge in [0.25, 0.3) is 0 Å². The fourth-order valence-corrected chi connectivity index (χ4v) is 3.70. The average molecular weight is 336 g/mol. The highest BCUT2D eigenvalue weighted by Gasteiger charge is 2.34. The Hall–Kier alpha value is -2.00. The Morgan fingerprint density at radius 1 is 1.26 bits per heavy atom. The summed E-state index contributed by atoms with van der Waals surface area (Å²) in [5, 5.41) is 14.9. The number of nitrogens with one attached hydrogen (secondary N) is 1. The zero-order valence-corrected chi connectivity index (χ0v) is 14.0. The van der Waals surface area contributed by atoms with E-state index >= 15 is 0 Å². The minimum atomic E-state index is -3.06. The number of tetrazole rings is 1. The normalized spacial score (nSPS) is 16.3. The second kappa shape index (κ2) is 6.25. The molecule has 23 heavy (non-hydrogen) atoms. The van der Waals surface area contributed by atoms with E-state index in [0.29, 0.717) is 25.6 Å². The molecule has 1 aliphatic rings. The molecule has 0 saturated carbocycles. The third-order valence-corrected chi connectivity index (χ3v) is 5.79. The molecule has 1 aromatic heterocycles. The van der Waals surface area contributed by atoms with Gasteiger partial charge in [0.05, 0.1) is 11.4 Å². The summed E-state index contributed by atoms with van der Waals surface area (Å²) >= 11 is 0. The van der Waals surface area contributed by atoms with Gasteiger partial charge >= 0.3 is 0 Å². The molecule has 0 bridgehead atoms. The lowest BCUT2D eigenvalue weighted by molar-refractivity contribution is 0.211. The fraction of sp³-hybridized carbons (Fsp3) is 0.500. The summed E-state index contributed by atoms with van der Waals surface area (Å²) in [4.78, 5) is 0. The molecule has 0 amide bonds. The zero-order valence-electron chi connectivity index (χ0n) is 13.2. The SMILES string of the molecule is CCS(=O)(=O)N1CC(CNc2nnnn2-c2ccc(C)cc2)C1. The standard InChI is InChI=1S/C14H20N6O2S/c1-3-23(21,22)19-9-12(10-19)8-15-14-16-17-18-20(14)13-6-4-11(2)5-7-13/h4-7,12H,3,8-10H2,1-2H3,(H,15,16,18). The second-order valence-corrected chi connectivity index (χ2v) is 7.97. The largest absolute Gasteiger partial charge is 0.352 e. The summed E-state index contributed by atoms with van der Waals surface area (Å²) in [6, 6.07) is 7.91. The maximum atomic E-state index is 11.7. The van der Waals surface area contributed by atoms with Crippen LogP contribution in [0.1, 0.15) is 12.5 Å². The van der Waals surface area contributed by atoms with Gasteiger partial charge in [0.2, 0.25) is 16.0 Å². The van der Waals surface area contributed by atoms with Crippen LogP contribution in [0.3, 0.4) is 0 Å². The first-order valence-electron chi connectivity index (χ1n) is 7.56. The van der Waals surface area contributed by atoms with Gasteiger partial charge in [-0.1, -0.05) is 22.8 Å². The molecule has 1 aromatic carbocycles. The second-order valence-electron chi connectivity index (χ2n) is 5.71. The van der Waals surface area contributed by atoms with Crippen molar-refractivity contribution in [3.05, 3.63) is 29.8 Å². The van der Waals surface area contributed by atoms with Gasteiger partial charge < -0.3 is 5.32 Å². The summed E-state index contributed by atoms with van der Waals surface area (Å²) in [7, 11) is -3.06. The summed E-state index contributed by atoms with van der Waals surface area (Å²) in [6.07, 6.45) is 0. The van der Waals surface area contributed by atoms with Crippen LogP contribution in [0.5, 0.6) is 0 Å². The Labute approximate surface area is 135 Å². The van der Waals surface area contributed by atoms with Crippen molar-refractivity contribution in [3.8, 4) is 5.69 Å². The van der Waals surface area contributed by atoms with E-state index in [2.05, 4.69) is 20.8 Å². The van der Waals surface area contributed by atoms with Gasteiger partial charge in [-0.2, -0.15) is 4.68 Å². The maximum Gasteiger partial charge on any atom is 0.247 e. The monoisotopic (exact) mass is 336 g/mol. The van der Waals surface area contributed by atoms with Crippen LogP contribution in [0.25, 0.3) is 5.69 Å². The molecule has 0 unspecified atom stereocenters. The van der Waals surface area contributed by atoms with Crippen LogP contribution in [0.15, 0.2) is 24.3 Å². The number of hydrogen-bond acceptors (Lipinski definition) is 6. The lowest BCUT2D eigenvalue weighted by Gasteiger charge is -2.37. The molecule has 3 rings (SSSR count).